The van der Waals surface area contributed by atoms with E-state index in [1.54, 1.807) is 0 Å². The van der Waals surface area contributed by atoms with E-state index < -0.39 is 0 Å². The molecule has 3 atom stereocenters. The fourth-order valence-corrected chi connectivity index (χ4v) is 4.46. The minimum Gasteiger partial charge on any atom is -0.378 e. The van der Waals surface area contributed by atoms with Gasteiger partial charge in [-0.1, -0.05) is 35.5 Å². The maximum absolute atomic E-state index is 13.2. The van der Waals surface area contributed by atoms with Crippen LogP contribution < -0.4 is 5.32 Å². The second-order valence-electron chi connectivity index (χ2n) is 8.21. The molecular weight excluding hydrogens is 424 g/mol. The molecule has 2 aromatic heterocycles. The summed E-state index contributed by atoms with van der Waals surface area (Å²) in [6.45, 7) is 2.24. The van der Waals surface area contributed by atoms with Crippen molar-refractivity contribution in [1.29, 1.82) is 0 Å². The molecule has 0 unspecified atom stereocenters. The third-order valence-corrected chi connectivity index (χ3v) is 6.14. The van der Waals surface area contributed by atoms with Crippen molar-refractivity contribution in [3.63, 3.8) is 0 Å². The summed E-state index contributed by atoms with van der Waals surface area (Å²) in [4.78, 5) is 40.4. The van der Waals surface area contributed by atoms with E-state index in [2.05, 4.69) is 25.4 Å². The molecule has 1 N–H and O–H groups in total. The van der Waals surface area contributed by atoms with Crippen molar-refractivity contribution >= 4 is 11.8 Å². The number of carbonyl (C=O) groups is 2. The summed E-state index contributed by atoms with van der Waals surface area (Å²) in [6, 6.07) is 9.19. The van der Waals surface area contributed by atoms with Gasteiger partial charge in [0.15, 0.2) is 0 Å². The van der Waals surface area contributed by atoms with Crippen LogP contribution in [0.2, 0.25) is 0 Å². The fraction of sp³-hybridized carbons (Fsp3) is 0.391. The number of nitrogens with one attached hydrogen (secondary N) is 1. The Balaban J connectivity index is 1.38. The summed E-state index contributed by atoms with van der Waals surface area (Å²) in [5.74, 6) is 0.0729. The zero-order chi connectivity index (χ0) is 22.6. The Kier molecular flexibility index (Phi) is 6.07. The zero-order valence-corrected chi connectivity index (χ0v) is 18.0. The molecule has 10 heteroatoms. The molecule has 2 amide bonds. The largest absolute Gasteiger partial charge is 0.378 e. The van der Waals surface area contributed by atoms with Crippen LogP contribution in [-0.4, -0.2) is 69.2 Å². The van der Waals surface area contributed by atoms with E-state index in [9.17, 15) is 9.59 Å². The Labute approximate surface area is 190 Å². The maximum Gasteiger partial charge on any atom is 0.271 e. The summed E-state index contributed by atoms with van der Waals surface area (Å²) >= 11 is 0. The van der Waals surface area contributed by atoms with Gasteiger partial charge in [-0.15, -0.1) is 0 Å². The molecule has 0 radical (unpaired) electrons. The van der Waals surface area contributed by atoms with Crippen molar-refractivity contribution in [3.05, 3.63) is 60.5 Å². The highest BCUT2D eigenvalue weighted by molar-refractivity contribution is 5.92. The molecule has 2 aliphatic rings. The van der Waals surface area contributed by atoms with Crippen molar-refractivity contribution in [2.75, 3.05) is 26.3 Å². The number of benzene rings is 1. The van der Waals surface area contributed by atoms with E-state index in [0.29, 0.717) is 50.9 Å². The first-order chi connectivity index (χ1) is 16.2. The van der Waals surface area contributed by atoms with Gasteiger partial charge in [0.05, 0.1) is 25.3 Å². The molecule has 3 aromatic rings. The molecule has 10 nitrogen and oxygen atoms in total. The number of rotatable bonds is 5. The summed E-state index contributed by atoms with van der Waals surface area (Å²) < 4.78 is 11.0. The molecule has 33 heavy (non-hydrogen) atoms. The van der Waals surface area contributed by atoms with Crippen molar-refractivity contribution in [2.24, 2.45) is 5.92 Å². The number of ether oxygens (including phenoxy) is 1. The summed E-state index contributed by atoms with van der Waals surface area (Å²) in [5, 5.41) is 7.15. The Hall–Kier alpha value is -3.66. The minimum absolute atomic E-state index is 0.0716. The molecule has 1 aromatic carbocycles. The molecule has 1 aliphatic carbocycles. The van der Waals surface area contributed by atoms with Crippen LogP contribution in [0.25, 0.3) is 11.4 Å². The molecule has 2 fully saturated rings. The number of aromatic nitrogens is 4. The van der Waals surface area contributed by atoms with E-state index in [1.807, 2.05) is 35.2 Å². The van der Waals surface area contributed by atoms with Crippen LogP contribution in [0.5, 0.6) is 0 Å². The van der Waals surface area contributed by atoms with E-state index in [-0.39, 0.29) is 35.4 Å². The van der Waals surface area contributed by atoms with Gasteiger partial charge in [-0.05, 0) is 12.8 Å². The van der Waals surface area contributed by atoms with Crippen molar-refractivity contribution < 1.29 is 18.8 Å². The van der Waals surface area contributed by atoms with Crippen LogP contribution >= 0.6 is 0 Å². The number of hydrogen-bond donors (Lipinski definition) is 1. The number of amides is 2. The molecule has 1 aliphatic heterocycles. The SMILES string of the molecule is O=C(N[C@H]1C[C@H](C(=O)N2CCOCC2)C[C@H]1c1nc(-c2ccccc2)no1)c1cnccn1. The minimum atomic E-state index is -0.349. The lowest BCUT2D eigenvalue weighted by atomic mass is 10.0. The van der Waals surface area contributed by atoms with Crippen LogP contribution in [0, 0.1) is 5.92 Å². The number of morpholine rings is 1. The molecule has 170 valence electrons. The third-order valence-electron chi connectivity index (χ3n) is 6.14. The Morgan fingerprint density at radius 1 is 1.06 bits per heavy atom. The van der Waals surface area contributed by atoms with Gasteiger partial charge >= 0.3 is 0 Å². The topological polar surface area (TPSA) is 123 Å². The first-order valence-corrected chi connectivity index (χ1v) is 11.0. The van der Waals surface area contributed by atoms with Crippen LogP contribution in [0.1, 0.15) is 35.1 Å². The molecule has 0 spiro atoms. The van der Waals surface area contributed by atoms with Gasteiger partial charge in [-0.2, -0.15) is 4.98 Å². The molecular formula is C23H24N6O4. The monoisotopic (exact) mass is 448 g/mol. The van der Waals surface area contributed by atoms with Crippen molar-refractivity contribution in [3.8, 4) is 11.4 Å². The van der Waals surface area contributed by atoms with Gasteiger partial charge in [0.2, 0.25) is 17.6 Å². The predicted octanol–water partition coefficient (Wildman–Crippen LogP) is 1.68. The summed E-state index contributed by atoms with van der Waals surface area (Å²) in [7, 11) is 0. The van der Waals surface area contributed by atoms with Gasteiger partial charge in [0.25, 0.3) is 5.91 Å². The van der Waals surface area contributed by atoms with Gasteiger partial charge < -0.3 is 19.5 Å². The van der Waals surface area contributed by atoms with E-state index in [4.69, 9.17) is 9.26 Å². The van der Waals surface area contributed by atoms with E-state index >= 15 is 0 Å². The first-order valence-electron chi connectivity index (χ1n) is 11.0. The van der Waals surface area contributed by atoms with Crippen molar-refractivity contribution in [2.45, 2.75) is 24.8 Å². The highest BCUT2D eigenvalue weighted by Crippen LogP contribution is 2.39. The number of hydrogen-bond acceptors (Lipinski definition) is 8. The second-order valence-corrected chi connectivity index (χ2v) is 8.21. The molecule has 1 saturated carbocycles. The lowest BCUT2D eigenvalue weighted by Gasteiger charge is -2.29. The lowest BCUT2D eigenvalue weighted by Crippen LogP contribution is -2.43. The average molecular weight is 448 g/mol. The van der Waals surface area contributed by atoms with Crippen LogP contribution in [0.15, 0.2) is 53.4 Å². The fourth-order valence-electron chi connectivity index (χ4n) is 4.46. The van der Waals surface area contributed by atoms with Gasteiger partial charge in [0.1, 0.15) is 5.69 Å². The Morgan fingerprint density at radius 2 is 1.88 bits per heavy atom. The van der Waals surface area contributed by atoms with Crippen molar-refractivity contribution in [1.82, 2.24) is 30.3 Å². The highest BCUT2D eigenvalue weighted by atomic mass is 16.5. The average Bonchev–Trinajstić information content (AvgIpc) is 3.53. The van der Waals surface area contributed by atoms with E-state index in [0.717, 1.165) is 5.56 Å². The molecule has 1 saturated heterocycles. The number of nitrogens with zero attached hydrogens (tertiary/aromatic N) is 5. The standard InChI is InChI=1S/C23H24N6O4/c30-21(19-14-24-6-7-25-19)26-18-13-16(23(31)29-8-10-32-11-9-29)12-17(18)22-27-20(28-33-22)15-4-2-1-3-5-15/h1-7,14,16-18H,8-13H2,(H,26,30)/t16-,17-,18+/m1/s1. The Bertz CT molecular complexity index is 1100. The highest BCUT2D eigenvalue weighted by Gasteiger charge is 2.44. The van der Waals surface area contributed by atoms with Crippen LogP contribution in [0.4, 0.5) is 0 Å². The molecule has 3 heterocycles. The van der Waals surface area contributed by atoms with Gasteiger partial charge in [-0.25, -0.2) is 4.98 Å². The van der Waals surface area contributed by atoms with Crippen LogP contribution in [-0.2, 0) is 9.53 Å². The normalized spacial score (nSPS) is 22.8. The maximum atomic E-state index is 13.2. The molecule has 0 bridgehead atoms. The van der Waals surface area contributed by atoms with Crippen LogP contribution in [0.3, 0.4) is 0 Å². The third kappa shape index (κ3) is 4.61. The lowest BCUT2D eigenvalue weighted by molar-refractivity contribution is -0.139. The summed E-state index contributed by atoms with van der Waals surface area (Å²) in [6.07, 6.45) is 5.38. The van der Waals surface area contributed by atoms with Gasteiger partial charge in [0, 0.05) is 43.0 Å². The predicted molar refractivity (Wildman–Crippen MR) is 116 cm³/mol. The Morgan fingerprint density at radius 3 is 2.64 bits per heavy atom. The zero-order valence-electron chi connectivity index (χ0n) is 18.0. The summed E-state index contributed by atoms with van der Waals surface area (Å²) in [5.41, 5.74) is 1.06. The van der Waals surface area contributed by atoms with E-state index in [1.165, 1.54) is 18.6 Å². The second kappa shape index (κ2) is 9.45. The smallest absolute Gasteiger partial charge is 0.271 e. The quantitative estimate of drug-likeness (QED) is 0.625. The first kappa shape index (κ1) is 21.2. The van der Waals surface area contributed by atoms with Gasteiger partial charge in [-0.3, -0.25) is 14.6 Å². The molecule has 5 rings (SSSR count). The number of carbonyl (C=O) groups excluding carboxylic acids is 2.